The topological polar surface area (TPSA) is 75.3 Å². The van der Waals surface area contributed by atoms with E-state index < -0.39 is 28.3 Å². The van der Waals surface area contributed by atoms with E-state index in [1.165, 1.54) is 36.4 Å². The number of nitrogens with one attached hydrogen (secondary N) is 2. The van der Waals surface area contributed by atoms with Crippen molar-refractivity contribution in [2.45, 2.75) is 11.8 Å². The first-order chi connectivity index (χ1) is 10.8. The Kier molecular flexibility index (Phi) is 5.35. The number of amides is 1. The van der Waals surface area contributed by atoms with Crippen molar-refractivity contribution in [3.8, 4) is 0 Å². The van der Waals surface area contributed by atoms with E-state index in [1.54, 1.807) is 13.0 Å². The van der Waals surface area contributed by atoms with Gasteiger partial charge in [0.2, 0.25) is 15.9 Å². The molecule has 0 aliphatic carbocycles. The second kappa shape index (κ2) is 7.08. The molecule has 2 aromatic rings. The minimum Gasteiger partial charge on any atom is -0.322 e. The van der Waals surface area contributed by atoms with Gasteiger partial charge in [-0.15, -0.1) is 0 Å². The summed E-state index contributed by atoms with van der Waals surface area (Å²) in [6.45, 7) is 1.16. The van der Waals surface area contributed by atoms with E-state index in [-0.39, 0.29) is 10.6 Å². The van der Waals surface area contributed by atoms with Gasteiger partial charge in [-0.25, -0.2) is 17.5 Å². The molecule has 8 heteroatoms. The van der Waals surface area contributed by atoms with Gasteiger partial charge in [0.05, 0.1) is 17.1 Å². The first-order valence-corrected chi connectivity index (χ1v) is 8.46. The quantitative estimate of drug-likeness (QED) is 0.864. The standard InChI is InChI=1S/C15H14ClFN2O3S/c1-10-8-11(6-7-12(10)16)23(21,22)18-9-15(20)19-14-5-3-2-4-13(14)17/h2-8,18H,9H2,1H3,(H,19,20). The zero-order valence-electron chi connectivity index (χ0n) is 12.1. The lowest BCUT2D eigenvalue weighted by molar-refractivity contribution is -0.115. The lowest BCUT2D eigenvalue weighted by Crippen LogP contribution is -2.33. The fraction of sp³-hybridized carbons (Fsp3) is 0.133. The van der Waals surface area contributed by atoms with Gasteiger partial charge in [0, 0.05) is 5.02 Å². The molecule has 0 heterocycles. The van der Waals surface area contributed by atoms with Crippen LogP contribution in [0.4, 0.5) is 10.1 Å². The second-order valence-corrected chi connectivity index (χ2v) is 6.94. The molecular formula is C15H14ClFN2O3S. The Morgan fingerprint density at radius 2 is 1.91 bits per heavy atom. The number of para-hydroxylation sites is 1. The summed E-state index contributed by atoms with van der Waals surface area (Å²) < 4.78 is 39.8. The first kappa shape index (κ1) is 17.4. The van der Waals surface area contributed by atoms with Crippen LogP contribution in [0.2, 0.25) is 5.02 Å². The van der Waals surface area contributed by atoms with Crippen molar-refractivity contribution in [1.82, 2.24) is 4.72 Å². The van der Waals surface area contributed by atoms with Gasteiger partial charge < -0.3 is 5.32 Å². The van der Waals surface area contributed by atoms with E-state index in [4.69, 9.17) is 11.6 Å². The number of sulfonamides is 1. The average Bonchev–Trinajstić information content (AvgIpc) is 2.50. The van der Waals surface area contributed by atoms with Crippen molar-refractivity contribution < 1.29 is 17.6 Å². The summed E-state index contributed by atoms with van der Waals surface area (Å²) in [6, 6.07) is 9.81. The van der Waals surface area contributed by atoms with Crippen LogP contribution >= 0.6 is 11.6 Å². The van der Waals surface area contributed by atoms with Gasteiger partial charge in [0.1, 0.15) is 5.82 Å². The van der Waals surface area contributed by atoms with Crippen LogP contribution in [0.3, 0.4) is 0 Å². The number of benzene rings is 2. The largest absolute Gasteiger partial charge is 0.322 e. The summed E-state index contributed by atoms with van der Waals surface area (Å²) in [7, 11) is -3.86. The molecule has 2 aromatic carbocycles. The van der Waals surface area contributed by atoms with Gasteiger partial charge >= 0.3 is 0 Å². The molecule has 0 atom stereocenters. The molecule has 2 rings (SSSR count). The molecule has 5 nitrogen and oxygen atoms in total. The number of anilines is 1. The van der Waals surface area contributed by atoms with E-state index >= 15 is 0 Å². The summed E-state index contributed by atoms with van der Waals surface area (Å²) in [5.74, 6) is -1.28. The highest BCUT2D eigenvalue weighted by Crippen LogP contribution is 2.19. The Morgan fingerprint density at radius 1 is 1.22 bits per heavy atom. The van der Waals surface area contributed by atoms with E-state index in [1.807, 2.05) is 0 Å². The van der Waals surface area contributed by atoms with Crippen molar-refractivity contribution in [1.29, 1.82) is 0 Å². The molecule has 0 aliphatic rings. The number of halogens is 2. The fourth-order valence-electron chi connectivity index (χ4n) is 1.79. The number of carbonyl (C=O) groups is 1. The highest BCUT2D eigenvalue weighted by molar-refractivity contribution is 7.89. The lowest BCUT2D eigenvalue weighted by Gasteiger charge is -2.09. The van der Waals surface area contributed by atoms with E-state index in [2.05, 4.69) is 10.0 Å². The maximum atomic E-state index is 13.4. The summed E-state index contributed by atoms with van der Waals surface area (Å²) in [5, 5.41) is 2.74. The Balaban J connectivity index is 2.03. The van der Waals surface area contributed by atoms with Crippen molar-refractivity contribution >= 4 is 33.2 Å². The minimum atomic E-state index is -3.86. The van der Waals surface area contributed by atoms with Crippen LogP contribution in [0.5, 0.6) is 0 Å². The molecule has 0 bridgehead atoms. The highest BCUT2D eigenvalue weighted by atomic mass is 35.5. The number of hydrogen-bond donors (Lipinski definition) is 2. The molecule has 0 saturated heterocycles. The maximum absolute atomic E-state index is 13.4. The molecule has 1 amide bonds. The lowest BCUT2D eigenvalue weighted by atomic mass is 10.2. The summed E-state index contributed by atoms with van der Waals surface area (Å²) in [4.78, 5) is 11.7. The van der Waals surface area contributed by atoms with Crippen LogP contribution in [-0.2, 0) is 14.8 Å². The van der Waals surface area contributed by atoms with Gasteiger partial charge in [-0.3, -0.25) is 4.79 Å². The summed E-state index contributed by atoms with van der Waals surface area (Å²) in [5.41, 5.74) is 0.587. The number of aryl methyl sites for hydroxylation is 1. The zero-order chi connectivity index (χ0) is 17.0. The zero-order valence-corrected chi connectivity index (χ0v) is 13.7. The van der Waals surface area contributed by atoms with Crippen molar-refractivity contribution in [2.24, 2.45) is 0 Å². The molecule has 0 aliphatic heterocycles. The average molecular weight is 357 g/mol. The fourth-order valence-corrected chi connectivity index (χ4v) is 2.97. The van der Waals surface area contributed by atoms with Crippen LogP contribution in [0.25, 0.3) is 0 Å². The van der Waals surface area contributed by atoms with Crippen molar-refractivity contribution in [3.63, 3.8) is 0 Å². The van der Waals surface area contributed by atoms with Crippen molar-refractivity contribution in [3.05, 3.63) is 58.9 Å². The predicted molar refractivity (Wildman–Crippen MR) is 86.4 cm³/mol. The van der Waals surface area contributed by atoms with Crippen LogP contribution in [0.15, 0.2) is 47.4 Å². The molecule has 122 valence electrons. The molecule has 0 saturated carbocycles. The number of hydrogen-bond acceptors (Lipinski definition) is 3. The molecule has 0 radical (unpaired) electrons. The van der Waals surface area contributed by atoms with Crippen molar-refractivity contribution in [2.75, 3.05) is 11.9 Å². The van der Waals surface area contributed by atoms with Crippen LogP contribution in [-0.4, -0.2) is 20.9 Å². The number of rotatable bonds is 5. The third kappa shape index (κ3) is 4.51. The van der Waals surface area contributed by atoms with Gasteiger partial charge in [0.15, 0.2) is 0 Å². The van der Waals surface area contributed by atoms with Crippen LogP contribution in [0.1, 0.15) is 5.56 Å². The van der Waals surface area contributed by atoms with Gasteiger partial charge in [0.25, 0.3) is 0 Å². The van der Waals surface area contributed by atoms with E-state index in [0.29, 0.717) is 10.6 Å². The van der Waals surface area contributed by atoms with E-state index in [9.17, 15) is 17.6 Å². The van der Waals surface area contributed by atoms with Gasteiger partial charge in [-0.05, 0) is 42.8 Å². The Bertz CT molecular complexity index is 840. The highest BCUT2D eigenvalue weighted by Gasteiger charge is 2.16. The van der Waals surface area contributed by atoms with Gasteiger partial charge in [-0.2, -0.15) is 0 Å². The first-order valence-electron chi connectivity index (χ1n) is 6.60. The molecule has 0 fully saturated rings. The third-order valence-electron chi connectivity index (χ3n) is 3.01. The Hall–Kier alpha value is -1.96. The molecule has 0 unspecified atom stereocenters. The van der Waals surface area contributed by atoms with E-state index in [0.717, 1.165) is 0 Å². The smallest absolute Gasteiger partial charge is 0.241 e. The molecule has 23 heavy (non-hydrogen) atoms. The summed E-state index contributed by atoms with van der Waals surface area (Å²) in [6.07, 6.45) is 0. The molecule has 2 N–H and O–H groups in total. The Labute approximate surface area is 138 Å². The second-order valence-electron chi connectivity index (χ2n) is 4.76. The SMILES string of the molecule is Cc1cc(S(=O)(=O)NCC(=O)Nc2ccccc2F)ccc1Cl. The monoisotopic (exact) mass is 356 g/mol. The normalized spacial score (nSPS) is 11.3. The maximum Gasteiger partial charge on any atom is 0.241 e. The minimum absolute atomic E-state index is 0.00177. The third-order valence-corrected chi connectivity index (χ3v) is 4.83. The predicted octanol–water partition coefficient (Wildman–Crippen LogP) is 2.70. The number of carbonyl (C=O) groups excluding carboxylic acids is 1. The Morgan fingerprint density at radius 3 is 2.57 bits per heavy atom. The molecule has 0 spiro atoms. The summed E-state index contributed by atoms with van der Waals surface area (Å²) >= 11 is 5.85. The molecule has 0 aromatic heterocycles. The van der Waals surface area contributed by atoms with Crippen LogP contribution in [0, 0.1) is 12.7 Å². The van der Waals surface area contributed by atoms with Gasteiger partial charge in [-0.1, -0.05) is 23.7 Å². The van der Waals surface area contributed by atoms with Crippen LogP contribution < -0.4 is 10.0 Å². The molecular weight excluding hydrogens is 343 g/mol.